The largest absolute Gasteiger partial charge is 0.618 e. The molecular formula is C17H19NO2S. The van der Waals surface area contributed by atoms with Gasteiger partial charge in [0.05, 0.1) is 5.25 Å². The van der Waals surface area contributed by atoms with E-state index in [9.17, 15) is 10.0 Å². The van der Waals surface area contributed by atoms with E-state index in [0.29, 0.717) is 5.03 Å². The van der Waals surface area contributed by atoms with Gasteiger partial charge in [0.2, 0.25) is 0 Å². The molecule has 1 atom stereocenters. The van der Waals surface area contributed by atoms with Gasteiger partial charge in [-0.1, -0.05) is 6.07 Å². The maximum Gasteiger partial charge on any atom is 0.252 e. The molecule has 1 aromatic heterocycles. The van der Waals surface area contributed by atoms with Crippen LogP contribution in [0.1, 0.15) is 34.0 Å². The lowest BCUT2D eigenvalue weighted by Crippen LogP contribution is -2.29. The Morgan fingerprint density at radius 1 is 1.14 bits per heavy atom. The van der Waals surface area contributed by atoms with Crippen molar-refractivity contribution in [1.29, 1.82) is 0 Å². The minimum absolute atomic E-state index is 0.0597. The van der Waals surface area contributed by atoms with Crippen molar-refractivity contribution in [3.05, 3.63) is 64.0 Å². The first-order valence-electron chi connectivity index (χ1n) is 6.87. The molecule has 0 fully saturated rings. The Hall–Kier alpha value is -1.81. The number of aryl methyl sites for hydroxylation is 3. The molecule has 2 aromatic rings. The highest BCUT2D eigenvalue weighted by Gasteiger charge is 2.21. The number of pyridine rings is 1. The Balaban J connectivity index is 2.24. The number of Topliss-reactive ketones (excluding diaryl/α,β-unsaturated/α-hetero) is 1. The van der Waals surface area contributed by atoms with Crippen LogP contribution in [0.3, 0.4) is 0 Å². The van der Waals surface area contributed by atoms with Gasteiger partial charge in [0.1, 0.15) is 0 Å². The van der Waals surface area contributed by atoms with Gasteiger partial charge in [0.15, 0.2) is 12.0 Å². The Kier molecular flexibility index (Phi) is 4.68. The molecular weight excluding hydrogens is 282 g/mol. The summed E-state index contributed by atoms with van der Waals surface area (Å²) in [4.78, 5) is 12.6. The van der Waals surface area contributed by atoms with E-state index in [1.165, 1.54) is 23.5 Å². The van der Waals surface area contributed by atoms with E-state index >= 15 is 0 Å². The maximum atomic E-state index is 12.6. The van der Waals surface area contributed by atoms with Gasteiger partial charge in [0, 0.05) is 17.7 Å². The van der Waals surface area contributed by atoms with Crippen LogP contribution in [0.5, 0.6) is 0 Å². The maximum absolute atomic E-state index is 12.6. The predicted octanol–water partition coefficient (Wildman–Crippen LogP) is 3.61. The van der Waals surface area contributed by atoms with Gasteiger partial charge >= 0.3 is 0 Å². The van der Waals surface area contributed by atoms with Crippen molar-refractivity contribution in [3.63, 3.8) is 0 Å². The van der Waals surface area contributed by atoms with Crippen LogP contribution in [0.4, 0.5) is 0 Å². The lowest BCUT2D eigenvalue weighted by Gasteiger charge is -2.13. The van der Waals surface area contributed by atoms with Crippen LogP contribution in [-0.2, 0) is 0 Å². The van der Waals surface area contributed by atoms with E-state index in [-0.39, 0.29) is 11.0 Å². The number of hydrogen-bond donors (Lipinski definition) is 0. The van der Waals surface area contributed by atoms with Crippen LogP contribution in [0.2, 0.25) is 0 Å². The Morgan fingerprint density at radius 3 is 2.48 bits per heavy atom. The van der Waals surface area contributed by atoms with Crippen LogP contribution in [-0.4, -0.2) is 11.0 Å². The monoisotopic (exact) mass is 301 g/mol. The Morgan fingerprint density at radius 2 is 1.81 bits per heavy atom. The summed E-state index contributed by atoms with van der Waals surface area (Å²) < 4.78 is 0.793. The van der Waals surface area contributed by atoms with Crippen molar-refractivity contribution in [1.82, 2.24) is 0 Å². The number of rotatable bonds is 4. The van der Waals surface area contributed by atoms with Crippen molar-refractivity contribution in [3.8, 4) is 0 Å². The Labute approximate surface area is 129 Å². The summed E-state index contributed by atoms with van der Waals surface area (Å²) in [6.07, 6.45) is 1.45. The first-order chi connectivity index (χ1) is 9.90. The summed E-state index contributed by atoms with van der Waals surface area (Å²) >= 11 is 1.29. The first kappa shape index (κ1) is 15.6. The van der Waals surface area contributed by atoms with Crippen LogP contribution >= 0.6 is 11.8 Å². The fourth-order valence-corrected chi connectivity index (χ4v) is 3.10. The highest BCUT2D eigenvalue weighted by atomic mass is 32.2. The SMILES string of the molecule is Cc1cc(C)c(C(=O)C(C)Sc2cccc[n+]2[O-])cc1C. The Bertz CT molecular complexity index is 682. The number of carbonyl (C=O) groups excluding carboxylic acids is 1. The van der Waals surface area contributed by atoms with Gasteiger partial charge in [-0.05, 0) is 68.3 Å². The molecule has 0 N–H and O–H groups in total. The van der Waals surface area contributed by atoms with Gasteiger partial charge < -0.3 is 5.21 Å². The van der Waals surface area contributed by atoms with E-state index in [1.807, 2.05) is 39.8 Å². The number of nitrogens with zero attached hydrogens (tertiary/aromatic N) is 1. The topological polar surface area (TPSA) is 44.0 Å². The second-order valence-corrected chi connectivity index (χ2v) is 6.60. The second-order valence-electron chi connectivity index (χ2n) is 5.24. The highest BCUT2D eigenvalue weighted by Crippen LogP contribution is 2.25. The highest BCUT2D eigenvalue weighted by molar-refractivity contribution is 8.00. The zero-order valence-electron chi connectivity index (χ0n) is 12.7. The van der Waals surface area contributed by atoms with Crippen LogP contribution in [0, 0.1) is 26.0 Å². The van der Waals surface area contributed by atoms with Gasteiger partial charge in [-0.15, -0.1) is 0 Å². The van der Waals surface area contributed by atoms with Crippen LogP contribution in [0.15, 0.2) is 41.6 Å². The normalized spacial score (nSPS) is 12.2. The van der Waals surface area contributed by atoms with E-state index in [1.54, 1.807) is 18.2 Å². The molecule has 0 aliphatic carbocycles. The van der Waals surface area contributed by atoms with Crippen molar-refractivity contribution in [2.75, 3.05) is 0 Å². The molecule has 0 saturated heterocycles. The van der Waals surface area contributed by atoms with Gasteiger partial charge in [-0.25, -0.2) is 0 Å². The first-order valence-corrected chi connectivity index (χ1v) is 7.75. The number of benzene rings is 1. The average Bonchev–Trinajstić information content (AvgIpc) is 2.44. The molecule has 21 heavy (non-hydrogen) atoms. The quantitative estimate of drug-likeness (QED) is 0.375. The molecule has 0 spiro atoms. The summed E-state index contributed by atoms with van der Waals surface area (Å²) in [6.45, 7) is 7.84. The molecule has 110 valence electrons. The van der Waals surface area contributed by atoms with E-state index < -0.39 is 0 Å². The summed E-state index contributed by atoms with van der Waals surface area (Å²) in [5.41, 5.74) is 4.02. The fraction of sp³-hybridized carbons (Fsp3) is 0.294. The molecule has 0 aliphatic heterocycles. The molecule has 1 heterocycles. The zero-order chi connectivity index (χ0) is 15.6. The predicted molar refractivity (Wildman–Crippen MR) is 85.7 cm³/mol. The summed E-state index contributed by atoms with van der Waals surface area (Å²) in [7, 11) is 0. The van der Waals surface area contributed by atoms with Gasteiger partial charge in [-0.2, -0.15) is 4.73 Å². The third-order valence-electron chi connectivity index (χ3n) is 3.56. The van der Waals surface area contributed by atoms with Crippen molar-refractivity contribution >= 4 is 17.5 Å². The van der Waals surface area contributed by atoms with Gasteiger partial charge in [-0.3, -0.25) is 4.79 Å². The average molecular weight is 301 g/mol. The molecule has 0 amide bonds. The molecule has 2 rings (SSSR count). The molecule has 0 bridgehead atoms. The second kappa shape index (κ2) is 6.31. The number of carbonyl (C=O) groups is 1. The molecule has 0 aliphatic rings. The summed E-state index contributed by atoms with van der Waals surface area (Å²) in [5.74, 6) is 0.0597. The molecule has 1 unspecified atom stereocenters. The van der Waals surface area contributed by atoms with Crippen molar-refractivity contribution in [2.45, 2.75) is 38.0 Å². The summed E-state index contributed by atoms with van der Waals surface area (Å²) in [5, 5.41) is 11.9. The number of ketones is 1. The van der Waals surface area contributed by atoms with E-state index in [2.05, 4.69) is 0 Å². The molecule has 4 heteroatoms. The molecule has 0 radical (unpaired) electrons. The molecule has 3 nitrogen and oxygen atoms in total. The van der Waals surface area contributed by atoms with Crippen molar-refractivity contribution < 1.29 is 9.52 Å². The smallest absolute Gasteiger partial charge is 0.252 e. The minimum Gasteiger partial charge on any atom is -0.618 e. The number of hydrogen-bond acceptors (Lipinski definition) is 3. The van der Waals surface area contributed by atoms with Crippen LogP contribution < -0.4 is 4.73 Å². The minimum atomic E-state index is -0.298. The van der Waals surface area contributed by atoms with E-state index in [4.69, 9.17) is 0 Å². The number of aromatic nitrogens is 1. The third kappa shape index (κ3) is 3.45. The van der Waals surface area contributed by atoms with Gasteiger partial charge in [0.25, 0.3) is 5.03 Å². The van der Waals surface area contributed by atoms with Crippen molar-refractivity contribution in [2.24, 2.45) is 0 Å². The third-order valence-corrected chi connectivity index (χ3v) is 4.69. The van der Waals surface area contributed by atoms with E-state index in [0.717, 1.165) is 21.4 Å². The molecule has 0 saturated carbocycles. The lowest BCUT2D eigenvalue weighted by atomic mass is 9.97. The fourth-order valence-electron chi connectivity index (χ4n) is 2.18. The van der Waals surface area contributed by atoms with Crippen LogP contribution in [0.25, 0.3) is 0 Å². The lowest BCUT2D eigenvalue weighted by molar-refractivity contribution is -0.645. The number of thioether (sulfide) groups is 1. The zero-order valence-corrected chi connectivity index (χ0v) is 13.5. The molecule has 1 aromatic carbocycles. The summed E-state index contributed by atoms with van der Waals surface area (Å²) in [6, 6.07) is 9.19. The standard InChI is InChI=1S/C17H19NO2S/c1-11-9-13(3)15(10-12(11)2)17(19)14(4)21-16-7-5-6-8-18(16)20/h5-10,14H,1-4H3.